The molecule has 1 aromatic rings. The monoisotopic (exact) mass is 246 g/mol. The van der Waals surface area contributed by atoms with Gasteiger partial charge in [-0.15, -0.1) is 0 Å². The molecule has 4 nitrogen and oxygen atoms in total. The highest BCUT2D eigenvalue weighted by Crippen LogP contribution is 2.21. The van der Waals surface area contributed by atoms with E-state index in [1.54, 1.807) is 19.1 Å². The number of ether oxygens (including phenoxy) is 1. The lowest BCUT2D eigenvalue weighted by Gasteiger charge is -2.17. The summed E-state index contributed by atoms with van der Waals surface area (Å²) in [6.07, 6.45) is 0.806. The number of carbonyl (C=O) groups is 1. The Labute approximate surface area is 108 Å². The Bertz CT molecular complexity index is 463. The van der Waals surface area contributed by atoms with E-state index in [2.05, 4.69) is 6.92 Å². The maximum absolute atomic E-state index is 11.5. The molecule has 0 aliphatic rings. The van der Waals surface area contributed by atoms with E-state index < -0.39 is 0 Å². The number of nitrogens with zero attached hydrogens (tertiary/aromatic N) is 2. The first-order valence-corrected chi connectivity index (χ1v) is 5.89. The highest BCUT2D eigenvalue weighted by atomic mass is 16.5. The summed E-state index contributed by atoms with van der Waals surface area (Å²) in [6, 6.07) is 7.75. The standard InChI is InChI=1S/C14H18N2O2/c1-4-12-9-11(5-6-13(12)18-3)10-16(2)14(17)7-8-15/h5-6,9H,4,7,10H2,1-3H3. The van der Waals surface area contributed by atoms with E-state index in [4.69, 9.17) is 10.00 Å². The van der Waals surface area contributed by atoms with Gasteiger partial charge in [0.05, 0.1) is 13.2 Å². The van der Waals surface area contributed by atoms with Crippen molar-refractivity contribution in [2.24, 2.45) is 0 Å². The van der Waals surface area contributed by atoms with Crippen molar-refractivity contribution in [1.82, 2.24) is 4.90 Å². The summed E-state index contributed by atoms with van der Waals surface area (Å²) in [5, 5.41) is 8.49. The zero-order chi connectivity index (χ0) is 13.5. The number of aryl methyl sites for hydroxylation is 1. The third-order valence-corrected chi connectivity index (χ3v) is 2.80. The molecule has 96 valence electrons. The normalized spacial score (nSPS) is 9.67. The molecule has 0 atom stereocenters. The largest absolute Gasteiger partial charge is 0.496 e. The molecule has 0 saturated heterocycles. The summed E-state index contributed by atoms with van der Waals surface area (Å²) >= 11 is 0. The van der Waals surface area contributed by atoms with Crippen LogP contribution in [-0.2, 0) is 17.8 Å². The lowest BCUT2D eigenvalue weighted by atomic mass is 10.1. The Kier molecular flexibility index (Phi) is 5.19. The van der Waals surface area contributed by atoms with Gasteiger partial charge in [0.2, 0.25) is 5.91 Å². The number of benzene rings is 1. The molecule has 0 aromatic heterocycles. The van der Waals surface area contributed by atoms with Crippen LogP contribution in [0.15, 0.2) is 18.2 Å². The number of hydrogen-bond acceptors (Lipinski definition) is 3. The second-order valence-corrected chi connectivity index (χ2v) is 4.08. The smallest absolute Gasteiger partial charge is 0.236 e. The number of nitriles is 1. The Balaban J connectivity index is 2.79. The predicted molar refractivity (Wildman–Crippen MR) is 69.1 cm³/mol. The van der Waals surface area contributed by atoms with Gasteiger partial charge >= 0.3 is 0 Å². The predicted octanol–water partition coefficient (Wildman–Crippen LogP) is 2.13. The number of amides is 1. The van der Waals surface area contributed by atoms with Crippen molar-refractivity contribution in [3.63, 3.8) is 0 Å². The second-order valence-electron chi connectivity index (χ2n) is 4.08. The maximum atomic E-state index is 11.5. The van der Waals surface area contributed by atoms with Gasteiger partial charge in [-0.3, -0.25) is 4.79 Å². The molecule has 0 bridgehead atoms. The minimum Gasteiger partial charge on any atom is -0.496 e. The molecule has 1 rings (SSSR count). The van der Waals surface area contributed by atoms with Crippen molar-refractivity contribution < 1.29 is 9.53 Å². The quantitative estimate of drug-likeness (QED) is 0.799. The first-order chi connectivity index (χ1) is 8.62. The highest BCUT2D eigenvalue weighted by Gasteiger charge is 2.10. The maximum Gasteiger partial charge on any atom is 0.236 e. The molecule has 0 fully saturated rings. The van der Waals surface area contributed by atoms with Crippen molar-refractivity contribution in [2.75, 3.05) is 14.2 Å². The molecule has 0 aliphatic heterocycles. The Morgan fingerprint density at radius 2 is 2.22 bits per heavy atom. The minimum atomic E-state index is -0.161. The van der Waals surface area contributed by atoms with Gasteiger partial charge in [0.1, 0.15) is 12.2 Å². The van der Waals surface area contributed by atoms with E-state index in [1.807, 2.05) is 24.3 Å². The fourth-order valence-electron chi connectivity index (χ4n) is 1.77. The summed E-state index contributed by atoms with van der Waals surface area (Å²) in [7, 11) is 3.35. The van der Waals surface area contributed by atoms with Crippen LogP contribution in [0.25, 0.3) is 0 Å². The van der Waals surface area contributed by atoms with Crippen LogP contribution >= 0.6 is 0 Å². The first kappa shape index (κ1) is 14.0. The number of hydrogen-bond donors (Lipinski definition) is 0. The van der Waals surface area contributed by atoms with Crippen LogP contribution in [-0.4, -0.2) is 25.0 Å². The highest BCUT2D eigenvalue weighted by molar-refractivity contribution is 5.77. The minimum absolute atomic E-state index is 0.0761. The molecule has 0 unspecified atom stereocenters. The summed E-state index contributed by atoms with van der Waals surface area (Å²) in [6.45, 7) is 2.57. The molecule has 4 heteroatoms. The molecule has 0 saturated carbocycles. The summed E-state index contributed by atoms with van der Waals surface area (Å²) in [5.74, 6) is 0.707. The van der Waals surface area contributed by atoms with Crippen molar-refractivity contribution in [1.29, 1.82) is 5.26 Å². The van der Waals surface area contributed by atoms with Gasteiger partial charge in [-0.05, 0) is 23.6 Å². The lowest BCUT2D eigenvalue weighted by Crippen LogP contribution is -2.25. The second kappa shape index (κ2) is 6.65. The first-order valence-electron chi connectivity index (χ1n) is 5.89. The zero-order valence-corrected chi connectivity index (χ0v) is 11.1. The van der Waals surface area contributed by atoms with E-state index in [1.165, 1.54) is 0 Å². The van der Waals surface area contributed by atoms with E-state index in [9.17, 15) is 4.79 Å². The molecular formula is C14H18N2O2. The molecule has 0 N–H and O–H groups in total. The number of carbonyl (C=O) groups excluding carboxylic acids is 1. The molecule has 0 radical (unpaired) electrons. The zero-order valence-electron chi connectivity index (χ0n) is 11.1. The third kappa shape index (κ3) is 3.49. The molecule has 0 aliphatic carbocycles. The third-order valence-electron chi connectivity index (χ3n) is 2.80. The van der Waals surface area contributed by atoms with Crippen molar-refractivity contribution in [3.8, 4) is 11.8 Å². The summed E-state index contributed by atoms with van der Waals surface area (Å²) < 4.78 is 5.26. The van der Waals surface area contributed by atoms with E-state index in [-0.39, 0.29) is 12.3 Å². The van der Waals surface area contributed by atoms with Crippen LogP contribution < -0.4 is 4.74 Å². The average Bonchev–Trinajstić information content (AvgIpc) is 2.38. The number of methoxy groups -OCH3 is 1. The fraction of sp³-hybridized carbons (Fsp3) is 0.429. The van der Waals surface area contributed by atoms with Crippen molar-refractivity contribution in [3.05, 3.63) is 29.3 Å². The summed E-state index contributed by atoms with van der Waals surface area (Å²) in [5.41, 5.74) is 2.16. The van der Waals surface area contributed by atoms with Gasteiger partial charge < -0.3 is 9.64 Å². The fourth-order valence-corrected chi connectivity index (χ4v) is 1.77. The van der Waals surface area contributed by atoms with Crippen LogP contribution in [0, 0.1) is 11.3 Å². The molecule has 0 spiro atoms. The van der Waals surface area contributed by atoms with Crippen LogP contribution in [0.2, 0.25) is 0 Å². The molecular weight excluding hydrogens is 228 g/mol. The van der Waals surface area contributed by atoms with Gasteiger partial charge in [-0.1, -0.05) is 19.1 Å². The van der Waals surface area contributed by atoms with Gasteiger partial charge in [-0.25, -0.2) is 0 Å². The SMILES string of the molecule is CCc1cc(CN(C)C(=O)CC#N)ccc1OC. The van der Waals surface area contributed by atoms with Gasteiger partial charge in [-0.2, -0.15) is 5.26 Å². The van der Waals surface area contributed by atoms with E-state index in [0.717, 1.165) is 23.3 Å². The van der Waals surface area contributed by atoms with E-state index >= 15 is 0 Å². The average molecular weight is 246 g/mol. The van der Waals surface area contributed by atoms with Crippen LogP contribution in [0.4, 0.5) is 0 Å². The van der Waals surface area contributed by atoms with Crippen molar-refractivity contribution >= 4 is 5.91 Å². The van der Waals surface area contributed by atoms with Crippen molar-refractivity contribution in [2.45, 2.75) is 26.3 Å². The van der Waals surface area contributed by atoms with Crippen LogP contribution in [0.5, 0.6) is 5.75 Å². The lowest BCUT2D eigenvalue weighted by molar-refractivity contribution is -0.129. The Hall–Kier alpha value is -2.02. The van der Waals surface area contributed by atoms with Crippen LogP contribution in [0.3, 0.4) is 0 Å². The molecule has 1 aromatic carbocycles. The molecule has 0 heterocycles. The van der Waals surface area contributed by atoms with Crippen LogP contribution in [0.1, 0.15) is 24.5 Å². The molecule has 18 heavy (non-hydrogen) atoms. The topological polar surface area (TPSA) is 53.3 Å². The molecule has 1 amide bonds. The number of rotatable bonds is 5. The van der Waals surface area contributed by atoms with Gasteiger partial charge in [0.25, 0.3) is 0 Å². The van der Waals surface area contributed by atoms with E-state index in [0.29, 0.717) is 6.54 Å². The Morgan fingerprint density at radius 3 is 2.78 bits per heavy atom. The van der Waals surface area contributed by atoms with Gasteiger partial charge in [0, 0.05) is 13.6 Å². The summed E-state index contributed by atoms with van der Waals surface area (Å²) in [4.78, 5) is 13.1. The Morgan fingerprint density at radius 1 is 1.50 bits per heavy atom. The van der Waals surface area contributed by atoms with Gasteiger partial charge in [0.15, 0.2) is 0 Å².